The number of aliphatic hydroxyl groups is 3. The van der Waals surface area contributed by atoms with Gasteiger partial charge in [-0.15, -0.1) is 0 Å². The van der Waals surface area contributed by atoms with Gasteiger partial charge >= 0.3 is 12.2 Å². The van der Waals surface area contributed by atoms with Crippen molar-refractivity contribution in [2.75, 3.05) is 13.7 Å². The van der Waals surface area contributed by atoms with Gasteiger partial charge in [-0.2, -0.15) is 0 Å². The van der Waals surface area contributed by atoms with Crippen LogP contribution in [0.1, 0.15) is 51.5 Å². The van der Waals surface area contributed by atoms with E-state index in [2.05, 4.69) is 10.6 Å². The first-order valence-corrected chi connectivity index (χ1v) is 15.9. The van der Waals surface area contributed by atoms with Crippen molar-refractivity contribution in [2.24, 2.45) is 5.73 Å². The van der Waals surface area contributed by atoms with Crippen LogP contribution in [0, 0.1) is 0 Å². The van der Waals surface area contributed by atoms with E-state index in [9.17, 15) is 29.7 Å². The van der Waals surface area contributed by atoms with E-state index in [1.54, 1.807) is 7.11 Å². The maximum atomic E-state index is 12.7. The number of aliphatic hydroxyl groups excluding tert-OH is 3. The van der Waals surface area contributed by atoms with Crippen LogP contribution in [-0.2, 0) is 30.2 Å². The van der Waals surface area contributed by atoms with E-state index >= 15 is 0 Å². The van der Waals surface area contributed by atoms with E-state index in [1.807, 2.05) is 50.3 Å². The minimum atomic E-state index is -1.65. The third-order valence-corrected chi connectivity index (χ3v) is 8.87. The SMILES string of the molecule is COc1cc(C/C(C)=C/C=C/CC2CC(C[C@@H]3O[C@@]3(C)CCC(=O)NC3OC(CO)C(OC(N)=O)C(O)C3O)OC(=O)N2)ccc1Cl. The number of benzene rings is 1. The topological polar surface area (TPSA) is 211 Å². The van der Waals surface area contributed by atoms with Crippen LogP contribution in [0.3, 0.4) is 0 Å². The number of alkyl carbamates (subject to hydrolysis) is 1. The Balaban J connectivity index is 1.19. The number of halogens is 1. The predicted molar refractivity (Wildman–Crippen MR) is 169 cm³/mol. The summed E-state index contributed by atoms with van der Waals surface area (Å²) < 4.78 is 26.9. The van der Waals surface area contributed by atoms with Crippen molar-refractivity contribution in [2.45, 2.75) is 107 Å². The standard InChI is InChI=1S/C32H44ClN3O11/c1-17(12-18-8-9-21(33)22(13-18)43-3)6-4-5-7-19-14-20(44-31(42)35-19)15-24-32(2,47-24)11-10-25(38)36-29-27(40)26(39)28(46-30(34)41)23(16-37)45-29/h4-6,8-9,13,19-20,23-24,26-29,37,39-40H,7,10-12,14-16H2,1-3H3,(H2,34,41)(H,35,42)(H,36,38)/b5-4+,17-6+/t19?,20?,23?,24-,26?,27?,28?,29?,32-/m0/s1. The van der Waals surface area contributed by atoms with Crippen LogP contribution in [0.2, 0.25) is 5.02 Å². The average Bonchev–Trinajstić information content (AvgIpc) is 3.66. The smallest absolute Gasteiger partial charge is 0.407 e. The van der Waals surface area contributed by atoms with Crippen molar-refractivity contribution in [3.8, 4) is 5.75 Å². The summed E-state index contributed by atoms with van der Waals surface area (Å²) in [5, 5.41) is 36.2. The largest absolute Gasteiger partial charge is 0.495 e. The zero-order chi connectivity index (χ0) is 34.3. The lowest BCUT2D eigenvalue weighted by atomic mass is 9.94. The number of rotatable bonds is 14. The van der Waals surface area contributed by atoms with Gasteiger partial charge in [0.05, 0.1) is 30.4 Å². The van der Waals surface area contributed by atoms with Gasteiger partial charge in [-0.05, 0) is 50.8 Å². The van der Waals surface area contributed by atoms with E-state index in [-0.39, 0.29) is 24.7 Å². The second-order valence-electron chi connectivity index (χ2n) is 12.3. The van der Waals surface area contributed by atoms with Crippen molar-refractivity contribution >= 4 is 29.7 Å². The fourth-order valence-electron chi connectivity index (χ4n) is 5.87. The molecule has 9 atom stereocenters. The van der Waals surface area contributed by atoms with Gasteiger partial charge in [0.2, 0.25) is 5.91 Å². The van der Waals surface area contributed by atoms with Gasteiger partial charge in [0.1, 0.15) is 30.2 Å². The summed E-state index contributed by atoms with van der Waals surface area (Å²) in [6, 6.07) is 5.60. The molecule has 0 bridgehead atoms. The predicted octanol–water partition coefficient (Wildman–Crippen LogP) is 2.00. The lowest BCUT2D eigenvalue weighted by Crippen LogP contribution is -2.64. The number of ether oxygens (including phenoxy) is 5. The first-order chi connectivity index (χ1) is 22.3. The molecule has 7 unspecified atom stereocenters. The molecule has 0 radical (unpaired) electrons. The molecule has 3 heterocycles. The molecule has 3 aliphatic heterocycles. The van der Waals surface area contributed by atoms with E-state index in [1.165, 1.54) is 0 Å². The summed E-state index contributed by atoms with van der Waals surface area (Å²) in [6.45, 7) is 3.25. The number of carbonyl (C=O) groups excluding carboxylic acids is 3. The summed E-state index contributed by atoms with van der Waals surface area (Å²) in [6.07, 6.45) is -0.697. The second-order valence-corrected chi connectivity index (χ2v) is 12.7. The van der Waals surface area contributed by atoms with Gasteiger partial charge in [0.15, 0.2) is 12.3 Å². The van der Waals surface area contributed by atoms with Gasteiger partial charge < -0.3 is 55.4 Å². The molecule has 15 heteroatoms. The Morgan fingerprint density at radius 3 is 2.74 bits per heavy atom. The molecular formula is C32H44ClN3O11. The minimum Gasteiger partial charge on any atom is -0.495 e. The molecule has 7 N–H and O–H groups in total. The van der Waals surface area contributed by atoms with Gasteiger partial charge in [-0.1, -0.05) is 41.5 Å². The highest BCUT2D eigenvalue weighted by atomic mass is 35.5. The zero-order valence-electron chi connectivity index (χ0n) is 26.6. The Bertz CT molecular complexity index is 1340. The number of amides is 3. The highest BCUT2D eigenvalue weighted by molar-refractivity contribution is 6.32. The maximum absolute atomic E-state index is 12.7. The highest BCUT2D eigenvalue weighted by Crippen LogP contribution is 2.44. The summed E-state index contributed by atoms with van der Waals surface area (Å²) in [4.78, 5) is 36.0. The number of primary amides is 1. The normalized spacial score (nSPS) is 32.3. The molecule has 14 nitrogen and oxygen atoms in total. The minimum absolute atomic E-state index is 0.0125. The number of hydrogen-bond donors (Lipinski definition) is 6. The number of nitrogens with one attached hydrogen (secondary N) is 2. The molecule has 0 aliphatic carbocycles. The van der Waals surface area contributed by atoms with Crippen LogP contribution >= 0.6 is 11.6 Å². The van der Waals surface area contributed by atoms with Crippen LogP contribution in [0.25, 0.3) is 0 Å². The van der Waals surface area contributed by atoms with Gasteiger partial charge in [-0.25, -0.2) is 9.59 Å². The van der Waals surface area contributed by atoms with E-state index in [0.29, 0.717) is 36.5 Å². The maximum Gasteiger partial charge on any atom is 0.407 e. The number of carbonyl (C=O) groups is 3. The van der Waals surface area contributed by atoms with Crippen LogP contribution in [0.5, 0.6) is 5.75 Å². The van der Waals surface area contributed by atoms with Crippen LogP contribution in [0.15, 0.2) is 42.0 Å². The van der Waals surface area contributed by atoms with E-state index < -0.39 is 60.9 Å². The number of hydrogen-bond acceptors (Lipinski definition) is 11. The Hall–Kier alpha value is -3.40. The fraction of sp³-hybridized carbons (Fsp3) is 0.594. The first-order valence-electron chi connectivity index (χ1n) is 15.5. The monoisotopic (exact) mass is 681 g/mol. The molecule has 0 aromatic heterocycles. The molecule has 47 heavy (non-hydrogen) atoms. The van der Waals surface area contributed by atoms with Crippen molar-refractivity contribution in [1.82, 2.24) is 10.6 Å². The molecule has 3 fully saturated rings. The van der Waals surface area contributed by atoms with Crippen molar-refractivity contribution in [1.29, 1.82) is 0 Å². The van der Waals surface area contributed by atoms with Gasteiger partial charge in [0, 0.05) is 25.3 Å². The fourth-order valence-corrected chi connectivity index (χ4v) is 6.07. The Morgan fingerprint density at radius 2 is 2.04 bits per heavy atom. The number of methoxy groups -OCH3 is 1. The molecular weight excluding hydrogens is 638 g/mol. The van der Waals surface area contributed by atoms with E-state index in [0.717, 1.165) is 17.6 Å². The third kappa shape index (κ3) is 10.0. The summed E-state index contributed by atoms with van der Waals surface area (Å²) in [5.41, 5.74) is 6.61. The molecule has 1 aromatic carbocycles. The number of cyclic esters (lactones) is 1. The lowest BCUT2D eigenvalue weighted by Gasteiger charge is -2.41. The van der Waals surface area contributed by atoms with Crippen molar-refractivity contribution in [3.63, 3.8) is 0 Å². The van der Waals surface area contributed by atoms with Gasteiger partial charge in [0.25, 0.3) is 0 Å². The van der Waals surface area contributed by atoms with Crippen molar-refractivity contribution < 1.29 is 53.4 Å². The molecule has 260 valence electrons. The van der Waals surface area contributed by atoms with Crippen LogP contribution < -0.4 is 21.1 Å². The summed E-state index contributed by atoms with van der Waals surface area (Å²) in [5.74, 6) is 0.152. The van der Waals surface area contributed by atoms with Crippen LogP contribution in [-0.4, -0.2) is 102 Å². The third-order valence-electron chi connectivity index (χ3n) is 8.56. The second kappa shape index (κ2) is 16.1. The number of allylic oxidation sites excluding steroid dienone is 3. The summed E-state index contributed by atoms with van der Waals surface area (Å²) in [7, 11) is 1.58. The average molecular weight is 682 g/mol. The number of nitrogens with two attached hydrogens (primary N) is 1. The van der Waals surface area contributed by atoms with E-state index in [4.69, 9.17) is 41.0 Å². The molecule has 0 saturated carbocycles. The Morgan fingerprint density at radius 1 is 1.28 bits per heavy atom. The molecule has 4 rings (SSSR count). The molecule has 3 aliphatic rings. The first kappa shape index (κ1) is 36.4. The molecule has 3 saturated heterocycles. The highest BCUT2D eigenvalue weighted by Gasteiger charge is 2.53. The molecule has 3 amide bonds. The lowest BCUT2D eigenvalue weighted by molar-refractivity contribution is -0.234. The number of epoxide rings is 1. The summed E-state index contributed by atoms with van der Waals surface area (Å²) >= 11 is 6.11. The zero-order valence-corrected chi connectivity index (χ0v) is 27.4. The molecule has 1 aromatic rings. The van der Waals surface area contributed by atoms with Crippen LogP contribution in [0.4, 0.5) is 9.59 Å². The van der Waals surface area contributed by atoms with Crippen molar-refractivity contribution in [3.05, 3.63) is 52.6 Å². The Labute approximate surface area is 278 Å². The quantitative estimate of drug-likeness (QED) is 0.123. The Kier molecular flexibility index (Phi) is 12.5. The van der Waals surface area contributed by atoms with Gasteiger partial charge in [-0.3, -0.25) is 4.79 Å². The molecule has 0 spiro atoms.